The van der Waals surface area contributed by atoms with Crippen LogP contribution in [0.15, 0.2) is 18.3 Å². The Morgan fingerprint density at radius 3 is 2.69 bits per heavy atom. The summed E-state index contributed by atoms with van der Waals surface area (Å²) >= 11 is 0. The molecule has 1 aromatic heterocycles. The molecule has 1 saturated heterocycles. The molecule has 0 unspecified atom stereocenters. The number of hydrogen-bond acceptors (Lipinski definition) is 3. The Hall–Kier alpha value is -0.930. The molecule has 2 heterocycles. The van der Waals surface area contributed by atoms with Crippen LogP contribution in [0.5, 0.6) is 0 Å². The summed E-state index contributed by atoms with van der Waals surface area (Å²) in [5.74, 6) is 0.525. The second kappa shape index (κ2) is 5.41. The van der Waals surface area contributed by atoms with Gasteiger partial charge in [0, 0.05) is 24.2 Å². The molecule has 0 aromatic carbocycles. The van der Waals surface area contributed by atoms with Crippen LogP contribution in [-0.2, 0) is 15.9 Å². The molecule has 0 spiro atoms. The van der Waals surface area contributed by atoms with E-state index in [-0.39, 0.29) is 6.29 Å². The normalized spacial score (nSPS) is 25.6. The van der Waals surface area contributed by atoms with Gasteiger partial charge in [-0.25, -0.2) is 0 Å². The minimum atomic E-state index is -0.0301. The van der Waals surface area contributed by atoms with E-state index in [1.165, 1.54) is 5.56 Å². The van der Waals surface area contributed by atoms with Crippen LogP contribution in [0.4, 0.5) is 0 Å². The highest BCUT2D eigenvalue weighted by Gasteiger charge is 2.18. The average Bonchev–Trinajstić information content (AvgIpc) is 2.30. The minimum Gasteiger partial charge on any atom is -0.352 e. The molecular weight excluding hydrogens is 202 g/mol. The topological polar surface area (TPSA) is 31.4 Å². The van der Waals surface area contributed by atoms with E-state index in [2.05, 4.69) is 18.0 Å². The maximum absolute atomic E-state index is 5.59. The number of pyridine rings is 1. The van der Waals surface area contributed by atoms with E-state index in [0.29, 0.717) is 5.92 Å². The molecule has 1 aliphatic heterocycles. The number of ether oxygens (including phenoxy) is 2. The molecular formula is C13H19NO2. The largest absolute Gasteiger partial charge is 0.352 e. The molecule has 0 atom stereocenters. The molecule has 3 heteroatoms. The first kappa shape index (κ1) is 11.6. The zero-order chi connectivity index (χ0) is 11.4. The third kappa shape index (κ3) is 3.29. The molecule has 3 nitrogen and oxygen atoms in total. The van der Waals surface area contributed by atoms with E-state index < -0.39 is 0 Å². The maximum Gasteiger partial charge on any atom is 0.157 e. The van der Waals surface area contributed by atoms with Gasteiger partial charge in [-0.3, -0.25) is 4.98 Å². The Kier molecular flexibility index (Phi) is 3.91. The van der Waals surface area contributed by atoms with Gasteiger partial charge in [0.15, 0.2) is 6.29 Å². The quantitative estimate of drug-likeness (QED) is 0.785. The summed E-state index contributed by atoms with van der Waals surface area (Å²) in [6.45, 7) is 5.77. The van der Waals surface area contributed by atoms with Crippen LogP contribution < -0.4 is 0 Å². The van der Waals surface area contributed by atoms with Gasteiger partial charge in [0.1, 0.15) is 0 Å². The van der Waals surface area contributed by atoms with Crippen LogP contribution in [0.25, 0.3) is 0 Å². The fourth-order valence-electron chi connectivity index (χ4n) is 1.74. The fraction of sp³-hybridized carbons (Fsp3) is 0.615. The lowest BCUT2D eigenvalue weighted by Gasteiger charge is -2.27. The van der Waals surface area contributed by atoms with Crippen molar-refractivity contribution in [2.75, 3.05) is 13.2 Å². The zero-order valence-electron chi connectivity index (χ0n) is 9.98. The van der Waals surface area contributed by atoms with Crippen molar-refractivity contribution in [1.82, 2.24) is 4.98 Å². The van der Waals surface area contributed by atoms with Gasteiger partial charge in [0.05, 0.1) is 13.2 Å². The minimum absolute atomic E-state index is 0.0301. The number of aromatic nitrogens is 1. The molecule has 1 aliphatic rings. The lowest BCUT2D eigenvalue weighted by Crippen LogP contribution is -2.30. The van der Waals surface area contributed by atoms with Crippen LogP contribution >= 0.6 is 0 Å². The third-order valence-electron chi connectivity index (χ3n) is 2.77. The summed E-state index contributed by atoms with van der Waals surface area (Å²) in [6, 6.07) is 4.16. The average molecular weight is 221 g/mol. The summed E-state index contributed by atoms with van der Waals surface area (Å²) in [7, 11) is 0. The molecule has 0 saturated carbocycles. The van der Waals surface area contributed by atoms with Crippen molar-refractivity contribution < 1.29 is 9.47 Å². The second-order valence-corrected chi connectivity index (χ2v) is 4.55. The van der Waals surface area contributed by atoms with Crippen LogP contribution in [-0.4, -0.2) is 24.5 Å². The fourth-order valence-corrected chi connectivity index (χ4v) is 1.74. The lowest BCUT2D eigenvalue weighted by atomic mass is 10.1. The Labute approximate surface area is 96.8 Å². The van der Waals surface area contributed by atoms with E-state index in [4.69, 9.17) is 9.47 Å². The highest BCUT2D eigenvalue weighted by atomic mass is 16.7. The SMILES string of the molecule is Cc1ccc(CCC2OCC(C)CO2)cn1. The van der Waals surface area contributed by atoms with Gasteiger partial charge in [-0.15, -0.1) is 0 Å². The highest BCUT2D eigenvalue weighted by Crippen LogP contribution is 2.15. The first-order chi connectivity index (χ1) is 7.74. The van der Waals surface area contributed by atoms with Gasteiger partial charge in [-0.2, -0.15) is 0 Å². The van der Waals surface area contributed by atoms with Crippen LogP contribution in [0, 0.1) is 12.8 Å². The molecule has 16 heavy (non-hydrogen) atoms. The van der Waals surface area contributed by atoms with Crippen LogP contribution in [0.3, 0.4) is 0 Å². The van der Waals surface area contributed by atoms with Crippen molar-refractivity contribution in [3.8, 4) is 0 Å². The number of aryl methyl sites for hydroxylation is 2. The third-order valence-corrected chi connectivity index (χ3v) is 2.77. The summed E-state index contributed by atoms with van der Waals surface area (Å²) in [5.41, 5.74) is 2.30. The molecule has 1 fully saturated rings. The Morgan fingerprint density at radius 1 is 1.31 bits per heavy atom. The molecule has 0 radical (unpaired) electrons. The van der Waals surface area contributed by atoms with Crippen molar-refractivity contribution in [3.05, 3.63) is 29.6 Å². The van der Waals surface area contributed by atoms with Gasteiger partial charge in [-0.1, -0.05) is 13.0 Å². The van der Waals surface area contributed by atoms with Gasteiger partial charge in [-0.05, 0) is 25.0 Å². The number of rotatable bonds is 3. The molecule has 1 aromatic rings. The summed E-state index contributed by atoms with van der Waals surface area (Å²) in [4.78, 5) is 4.27. The predicted octanol–water partition coefficient (Wildman–Crippen LogP) is 2.33. The molecule has 88 valence electrons. The van der Waals surface area contributed by atoms with E-state index in [9.17, 15) is 0 Å². The first-order valence-corrected chi connectivity index (χ1v) is 5.89. The van der Waals surface area contributed by atoms with Gasteiger partial charge >= 0.3 is 0 Å². The smallest absolute Gasteiger partial charge is 0.157 e. The molecule has 0 bridgehead atoms. The maximum atomic E-state index is 5.59. The summed E-state index contributed by atoms with van der Waals surface area (Å²) in [5, 5.41) is 0. The van der Waals surface area contributed by atoms with Gasteiger partial charge < -0.3 is 9.47 Å². The van der Waals surface area contributed by atoms with E-state index in [0.717, 1.165) is 31.7 Å². The standard InChI is InChI=1S/C13H19NO2/c1-10-8-15-13(16-9-10)6-5-12-4-3-11(2)14-7-12/h3-4,7,10,13H,5-6,8-9H2,1-2H3. The summed E-state index contributed by atoms with van der Waals surface area (Å²) < 4.78 is 11.2. The van der Waals surface area contributed by atoms with Crippen molar-refractivity contribution in [3.63, 3.8) is 0 Å². The van der Waals surface area contributed by atoms with E-state index in [1.54, 1.807) is 0 Å². The number of hydrogen-bond donors (Lipinski definition) is 0. The molecule has 0 N–H and O–H groups in total. The predicted molar refractivity (Wildman–Crippen MR) is 62.2 cm³/mol. The van der Waals surface area contributed by atoms with Crippen molar-refractivity contribution in [1.29, 1.82) is 0 Å². The zero-order valence-corrected chi connectivity index (χ0v) is 9.98. The molecule has 0 aliphatic carbocycles. The van der Waals surface area contributed by atoms with Gasteiger partial charge in [0.2, 0.25) is 0 Å². The molecule has 2 rings (SSSR count). The number of nitrogens with zero attached hydrogens (tertiary/aromatic N) is 1. The molecule has 0 amide bonds. The monoisotopic (exact) mass is 221 g/mol. The highest BCUT2D eigenvalue weighted by molar-refractivity contribution is 5.13. The second-order valence-electron chi connectivity index (χ2n) is 4.55. The van der Waals surface area contributed by atoms with Crippen molar-refractivity contribution in [2.45, 2.75) is 33.0 Å². The lowest BCUT2D eigenvalue weighted by molar-refractivity contribution is -0.199. The van der Waals surface area contributed by atoms with Gasteiger partial charge in [0.25, 0.3) is 0 Å². The summed E-state index contributed by atoms with van der Waals surface area (Å²) in [6.07, 6.45) is 3.78. The van der Waals surface area contributed by atoms with E-state index in [1.807, 2.05) is 19.2 Å². The van der Waals surface area contributed by atoms with Crippen molar-refractivity contribution >= 4 is 0 Å². The Balaban J connectivity index is 1.77. The van der Waals surface area contributed by atoms with Crippen LogP contribution in [0.2, 0.25) is 0 Å². The first-order valence-electron chi connectivity index (χ1n) is 5.89. The van der Waals surface area contributed by atoms with Crippen molar-refractivity contribution in [2.24, 2.45) is 5.92 Å². The Bertz CT molecular complexity index is 315. The van der Waals surface area contributed by atoms with E-state index >= 15 is 0 Å². The van der Waals surface area contributed by atoms with Crippen LogP contribution in [0.1, 0.15) is 24.6 Å². The Morgan fingerprint density at radius 2 is 2.06 bits per heavy atom.